The Bertz CT molecular complexity index is 1110. The van der Waals surface area contributed by atoms with Crippen LogP contribution in [0.25, 0.3) is 5.76 Å². The normalized spacial score (nSPS) is 35.9. The summed E-state index contributed by atoms with van der Waals surface area (Å²) in [5, 5.41) is 56.1. The van der Waals surface area contributed by atoms with E-state index in [0.29, 0.717) is 5.56 Å². The lowest BCUT2D eigenvalue weighted by Crippen LogP contribution is -2.72. The quantitative estimate of drug-likeness (QED) is 0.447. The van der Waals surface area contributed by atoms with E-state index >= 15 is 0 Å². The Balaban J connectivity index is 2.05. The van der Waals surface area contributed by atoms with Gasteiger partial charge in [0.15, 0.2) is 17.2 Å². The van der Waals surface area contributed by atoms with E-state index in [0.717, 1.165) is 0 Å². The molecule has 4 rings (SSSR count). The second-order valence-corrected chi connectivity index (χ2v) is 9.37. The number of carbonyl (C=O) groups is 2. The Kier molecular flexibility index (Phi) is 5.44. The first-order chi connectivity index (χ1) is 15.4. The number of hydrogen-bond acceptors (Lipinski definition) is 9. The van der Waals surface area contributed by atoms with Crippen molar-refractivity contribution in [3.63, 3.8) is 0 Å². The molecule has 0 spiro atoms. The number of aromatic hydroxyl groups is 1. The lowest BCUT2D eigenvalue weighted by molar-refractivity contribution is -0.194. The number of phenolic OH excluding ortho intramolecular Hbond substituents is 1. The standard InChI is InChI=1S/C24H29NO8/c1-9-11-7-6-8-12(27)15(11)19(28)16-13(9)20(29)17-18(25(3)4)21(30)14(10(2)26)23(33-5)24(17,32)22(16)31/h6-9,13,17-18,20,23,27-30,32H,1-5H3/t9-,13+,17+,18-,20-,23?,24-/m0/s1. The number of benzene rings is 1. The predicted molar refractivity (Wildman–Crippen MR) is 118 cm³/mol. The SMILES string of the molecule is COC1C(C(C)=O)=C(O)[C@@H](N(C)C)[C@@H]2[C@@H](O)[C@H]3C(=C(O)c4c(O)cccc4[C@@H]3C)C(=O)[C@]12O. The molecule has 0 aliphatic heterocycles. The summed E-state index contributed by atoms with van der Waals surface area (Å²) in [6.45, 7) is 2.95. The largest absolute Gasteiger partial charge is 0.510 e. The number of fused-ring (bicyclic) bond motifs is 3. The van der Waals surface area contributed by atoms with Crippen molar-refractivity contribution in [2.75, 3.05) is 21.2 Å². The number of likely N-dealkylation sites (N-methyl/N-ethyl adjacent to an activating group) is 1. The molecular weight excluding hydrogens is 430 g/mol. The molecular formula is C24H29NO8. The molecule has 9 nitrogen and oxygen atoms in total. The van der Waals surface area contributed by atoms with Crippen LogP contribution in [0, 0.1) is 11.8 Å². The smallest absolute Gasteiger partial charge is 0.197 e. The van der Waals surface area contributed by atoms with Crippen LogP contribution >= 0.6 is 0 Å². The first kappa shape index (κ1) is 23.4. The molecule has 0 amide bonds. The summed E-state index contributed by atoms with van der Waals surface area (Å²) in [5.74, 6) is -5.35. The molecule has 0 radical (unpaired) electrons. The summed E-state index contributed by atoms with van der Waals surface area (Å²) in [6.07, 6.45) is -2.98. The van der Waals surface area contributed by atoms with Crippen molar-refractivity contribution in [3.8, 4) is 5.75 Å². The van der Waals surface area contributed by atoms with Gasteiger partial charge in [-0.25, -0.2) is 0 Å². The van der Waals surface area contributed by atoms with Crippen molar-refractivity contribution in [1.82, 2.24) is 4.90 Å². The van der Waals surface area contributed by atoms with E-state index in [-0.39, 0.29) is 28.2 Å². The van der Waals surface area contributed by atoms with Crippen molar-refractivity contribution in [1.29, 1.82) is 0 Å². The Hall–Kier alpha value is -2.72. The second kappa shape index (κ2) is 7.66. The minimum absolute atomic E-state index is 0.0676. The number of phenols is 1. The minimum atomic E-state index is -2.46. The third kappa shape index (κ3) is 2.86. The average Bonchev–Trinajstić information content (AvgIpc) is 2.74. The number of hydrogen-bond donors (Lipinski definition) is 5. The first-order valence-electron chi connectivity index (χ1n) is 10.7. The Morgan fingerprint density at radius 2 is 1.82 bits per heavy atom. The fraction of sp³-hybridized carbons (Fsp3) is 0.500. The molecule has 0 saturated heterocycles. The molecule has 1 fully saturated rings. The number of carbonyl (C=O) groups excluding carboxylic acids is 2. The highest BCUT2D eigenvalue weighted by Gasteiger charge is 2.68. The zero-order chi connectivity index (χ0) is 24.6. The number of ketones is 2. The van der Waals surface area contributed by atoms with Gasteiger partial charge in [-0.05, 0) is 38.6 Å². The molecule has 1 saturated carbocycles. The van der Waals surface area contributed by atoms with Gasteiger partial charge < -0.3 is 30.3 Å². The highest BCUT2D eigenvalue weighted by Crippen LogP contribution is 2.56. The van der Waals surface area contributed by atoms with Crippen LogP contribution in [0.15, 0.2) is 35.1 Å². The average molecular weight is 459 g/mol. The lowest BCUT2D eigenvalue weighted by atomic mass is 9.53. The molecule has 0 bridgehead atoms. The maximum absolute atomic E-state index is 14.0. The van der Waals surface area contributed by atoms with Crippen molar-refractivity contribution >= 4 is 17.3 Å². The van der Waals surface area contributed by atoms with Crippen molar-refractivity contribution in [2.24, 2.45) is 11.8 Å². The molecule has 178 valence electrons. The van der Waals surface area contributed by atoms with E-state index in [1.54, 1.807) is 33.2 Å². The third-order valence-electron chi connectivity index (χ3n) is 7.51. The van der Waals surface area contributed by atoms with Gasteiger partial charge in [-0.15, -0.1) is 0 Å². The highest BCUT2D eigenvalue weighted by atomic mass is 16.5. The van der Waals surface area contributed by atoms with Crippen LogP contribution in [-0.2, 0) is 14.3 Å². The number of methoxy groups -OCH3 is 1. The fourth-order valence-electron chi connectivity index (χ4n) is 6.14. The summed E-state index contributed by atoms with van der Waals surface area (Å²) in [5.41, 5.74) is -2.34. The van der Waals surface area contributed by atoms with Crippen LogP contribution in [-0.4, -0.2) is 87.1 Å². The Labute approximate surface area is 191 Å². The van der Waals surface area contributed by atoms with Gasteiger partial charge in [0.25, 0.3) is 0 Å². The molecule has 0 heterocycles. The molecule has 1 aromatic rings. The molecule has 0 aromatic heterocycles. The van der Waals surface area contributed by atoms with Gasteiger partial charge in [-0.3, -0.25) is 14.5 Å². The molecule has 3 aliphatic rings. The number of nitrogens with zero attached hydrogens (tertiary/aromatic N) is 1. The summed E-state index contributed by atoms with van der Waals surface area (Å²) in [7, 11) is 4.39. The number of rotatable bonds is 3. The van der Waals surface area contributed by atoms with Gasteiger partial charge in [-0.1, -0.05) is 19.1 Å². The van der Waals surface area contributed by atoms with E-state index < -0.39 is 58.9 Å². The summed E-state index contributed by atoms with van der Waals surface area (Å²) >= 11 is 0. The van der Waals surface area contributed by atoms with Crippen molar-refractivity contribution in [2.45, 2.75) is 43.6 Å². The van der Waals surface area contributed by atoms with Crippen LogP contribution in [0.4, 0.5) is 0 Å². The monoisotopic (exact) mass is 459 g/mol. The van der Waals surface area contributed by atoms with Crippen molar-refractivity contribution < 1.29 is 39.9 Å². The van der Waals surface area contributed by atoms with E-state index in [1.165, 1.54) is 25.0 Å². The van der Waals surface area contributed by atoms with Gasteiger partial charge >= 0.3 is 0 Å². The summed E-state index contributed by atoms with van der Waals surface area (Å²) in [4.78, 5) is 28.0. The van der Waals surface area contributed by atoms with Gasteiger partial charge in [0.1, 0.15) is 23.4 Å². The molecule has 9 heteroatoms. The highest BCUT2D eigenvalue weighted by molar-refractivity contribution is 6.11. The van der Waals surface area contributed by atoms with Crippen LogP contribution in [0.2, 0.25) is 0 Å². The first-order valence-corrected chi connectivity index (χ1v) is 10.7. The molecule has 3 aliphatic carbocycles. The zero-order valence-corrected chi connectivity index (χ0v) is 19.1. The van der Waals surface area contributed by atoms with Gasteiger partial charge in [0.05, 0.1) is 23.3 Å². The fourth-order valence-corrected chi connectivity index (χ4v) is 6.14. The van der Waals surface area contributed by atoms with Gasteiger partial charge in [0, 0.05) is 24.5 Å². The maximum Gasteiger partial charge on any atom is 0.197 e. The Morgan fingerprint density at radius 1 is 1.18 bits per heavy atom. The van der Waals surface area contributed by atoms with Crippen LogP contribution < -0.4 is 0 Å². The van der Waals surface area contributed by atoms with Crippen LogP contribution in [0.5, 0.6) is 5.75 Å². The molecule has 1 aromatic carbocycles. The number of aliphatic hydroxyl groups is 4. The second-order valence-electron chi connectivity index (χ2n) is 9.37. The molecule has 33 heavy (non-hydrogen) atoms. The Morgan fingerprint density at radius 3 is 2.36 bits per heavy atom. The molecule has 5 N–H and O–H groups in total. The summed E-state index contributed by atoms with van der Waals surface area (Å²) in [6, 6.07) is 3.60. The minimum Gasteiger partial charge on any atom is -0.510 e. The van der Waals surface area contributed by atoms with E-state index in [9.17, 15) is 35.1 Å². The maximum atomic E-state index is 14.0. The molecule has 1 unspecified atom stereocenters. The van der Waals surface area contributed by atoms with Crippen LogP contribution in [0.3, 0.4) is 0 Å². The van der Waals surface area contributed by atoms with E-state index in [4.69, 9.17) is 4.74 Å². The number of ether oxygens (including phenoxy) is 1. The van der Waals surface area contributed by atoms with Gasteiger partial charge in [-0.2, -0.15) is 0 Å². The van der Waals surface area contributed by atoms with Gasteiger partial charge in [0.2, 0.25) is 0 Å². The van der Waals surface area contributed by atoms with E-state index in [2.05, 4.69) is 0 Å². The zero-order valence-electron chi connectivity index (χ0n) is 19.1. The third-order valence-corrected chi connectivity index (χ3v) is 7.51. The number of aliphatic hydroxyl groups excluding tert-OH is 3. The summed E-state index contributed by atoms with van der Waals surface area (Å²) < 4.78 is 5.40. The topological polar surface area (TPSA) is 148 Å². The molecule has 7 atom stereocenters. The predicted octanol–water partition coefficient (Wildman–Crippen LogP) is 1.05. The van der Waals surface area contributed by atoms with Crippen LogP contribution in [0.1, 0.15) is 30.9 Å². The van der Waals surface area contributed by atoms with E-state index in [1.807, 2.05) is 0 Å². The lowest BCUT2D eigenvalue weighted by Gasteiger charge is -2.56. The van der Waals surface area contributed by atoms with Crippen molar-refractivity contribution in [3.05, 3.63) is 46.2 Å². The number of Topliss-reactive ketones (excluding diaryl/α,β-unsaturated/α-hetero) is 2.